The molecule has 0 aliphatic rings. The van der Waals surface area contributed by atoms with Crippen molar-refractivity contribution in [2.24, 2.45) is 5.73 Å². The molecule has 0 radical (unpaired) electrons. The van der Waals surface area contributed by atoms with Crippen LogP contribution in [0.5, 0.6) is 0 Å². The molecular weight excluding hydrogens is 218 g/mol. The van der Waals surface area contributed by atoms with Gasteiger partial charge in [0.15, 0.2) is 5.69 Å². The van der Waals surface area contributed by atoms with Crippen LogP contribution < -0.4 is 5.73 Å². The molecule has 0 bridgehead atoms. The Balaban J connectivity index is 2.61. The molecule has 0 saturated heterocycles. The van der Waals surface area contributed by atoms with Crippen LogP contribution in [0.25, 0.3) is 10.9 Å². The number of primary amides is 1. The van der Waals surface area contributed by atoms with Crippen LogP contribution in [0.1, 0.15) is 24.3 Å². The molecule has 1 aromatic heterocycles. The van der Waals surface area contributed by atoms with Crippen molar-refractivity contribution in [2.45, 2.75) is 26.0 Å². The molecule has 0 unspecified atom stereocenters. The van der Waals surface area contributed by atoms with Crippen LogP contribution in [-0.4, -0.2) is 26.4 Å². The monoisotopic (exact) mass is 233 g/mol. The highest BCUT2D eigenvalue weighted by Gasteiger charge is 2.19. The number of carbonyl (C=O) groups excluding carboxylic acids is 1. The summed E-state index contributed by atoms with van der Waals surface area (Å²) in [5, 5.41) is 14.7. The minimum Gasteiger partial charge on any atom is -0.389 e. The topological polar surface area (TPSA) is 81.1 Å². The zero-order valence-electron chi connectivity index (χ0n) is 9.84. The minimum atomic E-state index is -0.899. The number of aliphatic hydroxyl groups is 1. The molecule has 0 aliphatic carbocycles. The van der Waals surface area contributed by atoms with E-state index in [-0.39, 0.29) is 5.69 Å². The number of carbonyl (C=O) groups is 1. The van der Waals surface area contributed by atoms with Crippen molar-refractivity contribution in [3.05, 3.63) is 30.0 Å². The van der Waals surface area contributed by atoms with Gasteiger partial charge >= 0.3 is 0 Å². The molecule has 0 aliphatic heterocycles. The zero-order valence-corrected chi connectivity index (χ0v) is 9.84. The van der Waals surface area contributed by atoms with Crippen molar-refractivity contribution in [2.75, 3.05) is 0 Å². The molecule has 5 nitrogen and oxygen atoms in total. The second kappa shape index (κ2) is 3.85. The first kappa shape index (κ1) is 11.6. The lowest BCUT2D eigenvalue weighted by Gasteiger charge is -2.17. The molecule has 0 spiro atoms. The lowest BCUT2D eigenvalue weighted by atomic mass is 10.1. The number of para-hydroxylation sites is 1. The first-order valence-corrected chi connectivity index (χ1v) is 5.36. The number of nitrogens with zero attached hydrogens (tertiary/aromatic N) is 2. The van der Waals surface area contributed by atoms with Crippen molar-refractivity contribution in [1.29, 1.82) is 0 Å². The second-order valence-electron chi connectivity index (χ2n) is 4.70. The summed E-state index contributed by atoms with van der Waals surface area (Å²) in [6, 6.07) is 7.32. The van der Waals surface area contributed by atoms with Crippen molar-refractivity contribution in [3.8, 4) is 0 Å². The number of aromatic nitrogens is 2. The molecule has 1 aromatic carbocycles. The summed E-state index contributed by atoms with van der Waals surface area (Å²) in [4.78, 5) is 11.3. The normalized spacial score (nSPS) is 11.9. The maximum Gasteiger partial charge on any atom is 0.269 e. The van der Waals surface area contributed by atoms with Crippen LogP contribution in [0.3, 0.4) is 0 Å². The van der Waals surface area contributed by atoms with Gasteiger partial charge < -0.3 is 10.8 Å². The summed E-state index contributed by atoms with van der Waals surface area (Å²) in [6.07, 6.45) is 0. The smallest absolute Gasteiger partial charge is 0.269 e. The van der Waals surface area contributed by atoms with Gasteiger partial charge in [-0.15, -0.1) is 0 Å². The fourth-order valence-corrected chi connectivity index (χ4v) is 1.80. The van der Waals surface area contributed by atoms with Gasteiger partial charge in [0.1, 0.15) is 0 Å². The molecule has 1 heterocycles. The Morgan fingerprint density at radius 2 is 2.12 bits per heavy atom. The Hall–Kier alpha value is -1.88. The van der Waals surface area contributed by atoms with E-state index in [1.807, 2.05) is 18.2 Å². The first-order valence-electron chi connectivity index (χ1n) is 5.36. The maximum absolute atomic E-state index is 11.3. The van der Waals surface area contributed by atoms with Gasteiger partial charge in [-0.2, -0.15) is 5.10 Å². The van der Waals surface area contributed by atoms with Crippen LogP contribution in [-0.2, 0) is 6.54 Å². The van der Waals surface area contributed by atoms with E-state index in [4.69, 9.17) is 5.73 Å². The van der Waals surface area contributed by atoms with E-state index in [2.05, 4.69) is 5.10 Å². The van der Waals surface area contributed by atoms with Gasteiger partial charge in [0, 0.05) is 5.39 Å². The summed E-state index contributed by atoms with van der Waals surface area (Å²) < 4.78 is 1.61. The number of nitrogens with two attached hydrogens (primary N) is 1. The number of fused-ring (bicyclic) bond motifs is 1. The van der Waals surface area contributed by atoms with Gasteiger partial charge in [0.25, 0.3) is 5.91 Å². The summed E-state index contributed by atoms with van der Waals surface area (Å²) in [7, 11) is 0. The Bertz CT molecular complexity index is 567. The lowest BCUT2D eigenvalue weighted by molar-refractivity contribution is 0.0588. The predicted molar refractivity (Wildman–Crippen MR) is 64.5 cm³/mol. The van der Waals surface area contributed by atoms with Crippen molar-refractivity contribution < 1.29 is 9.90 Å². The molecule has 5 heteroatoms. The lowest BCUT2D eigenvalue weighted by Crippen LogP contribution is -2.27. The largest absolute Gasteiger partial charge is 0.389 e. The average Bonchev–Trinajstić information content (AvgIpc) is 2.55. The highest BCUT2D eigenvalue weighted by atomic mass is 16.3. The first-order chi connectivity index (χ1) is 7.88. The Kier molecular flexibility index (Phi) is 2.63. The zero-order chi connectivity index (χ0) is 12.6. The molecule has 90 valence electrons. The van der Waals surface area contributed by atoms with Gasteiger partial charge in [-0.05, 0) is 19.9 Å². The third-order valence-corrected chi connectivity index (χ3v) is 2.43. The number of rotatable bonds is 3. The van der Waals surface area contributed by atoms with E-state index in [0.717, 1.165) is 5.52 Å². The summed E-state index contributed by atoms with van der Waals surface area (Å²) in [5.74, 6) is -0.560. The highest BCUT2D eigenvalue weighted by Crippen LogP contribution is 2.19. The third kappa shape index (κ3) is 2.29. The average molecular weight is 233 g/mol. The quantitative estimate of drug-likeness (QED) is 0.826. The van der Waals surface area contributed by atoms with Crippen LogP contribution in [0.2, 0.25) is 0 Å². The van der Waals surface area contributed by atoms with Gasteiger partial charge in [-0.3, -0.25) is 9.48 Å². The van der Waals surface area contributed by atoms with Crippen LogP contribution in [0, 0.1) is 0 Å². The summed E-state index contributed by atoms with van der Waals surface area (Å²) in [6.45, 7) is 3.68. The molecule has 0 fully saturated rings. The molecule has 0 atom stereocenters. The van der Waals surface area contributed by atoms with Gasteiger partial charge in [0.2, 0.25) is 0 Å². The highest BCUT2D eigenvalue weighted by molar-refractivity contribution is 6.04. The van der Waals surface area contributed by atoms with E-state index >= 15 is 0 Å². The number of benzene rings is 1. The summed E-state index contributed by atoms with van der Waals surface area (Å²) >= 11 is 0. The fraction of sp³-hybridized carbons (Fsp3) is 0.333. The minimum absolute atomic E-state index is 0.241. The Morgan fingerprint density at radius 3 is 2.71 bits per heavy atom. The SMILES string of the molecule is CC(C)(O)Cn1nc(C(N)=O)c2ccccc21. The number of amides is 1. The fourth-order valence-electron chi connectivity index (χ4n) is 1.80. The van der Waals surface area contributed by atoms with E-state index in [1.165, 1.54) is 0 Å². The third-order valence-electron chi connectivity index (χ3n) is 2.43. The van der Waals surface area contributed by atoms with Crippen molar-refractivity contribution >= 4 is 16.8 Å². The molecular formula is C12H15N3O2. The Morgan fingerprint density at radius 1 is 1.47 bits per heavy atom. The molecule has 17 heavy (non-hydrogen) atoms. The van der Waals surface area contributed by atoms with Crippen molar-refractivity contribution in [3.63, 3.8) is 0 Å². The molecule has 1 amide bonds. The van der Waals surface area contributed by atoms with Crippen LogP contribution in [0.15, 0.2) is 24.3 Å². The van der Waals surface area contributed by atoms with E-state index < -0.39 is 11.5 Å². The van der Waals surface area contributed by atoms with Crippen LogP contribution in [0.4, 0.5) is 0 Å². The van der Waals surface area contributed by atoms with Gasteiger partial charge in [-0.1, -0.05) is 18.2 Å². The van der Waals surface area contributed by atoms with E-state index in [0.29, 0.717) is 11.9 Å². The van der Waals surface area contributed by atoms with Crippen molar-refractivity contribution in [1.82, 2.24) is 9.78 Å². The Labute approximate surface area is 98.8 Å². The molecule has 2 rings (SSSR count). The van der Waals surface area contributed by atoms with E-state index in [9.17, 15) is 9.90 Å². The molecule has 0 saturated carbocycles. The standard InChI is InChI=1S/C12H15N3O2/c1-12(2,17)7-15-9-6-4-3-5-8(9)10(14-15)11(13)16/h3-6,17H,7H2,1-2H3,(H2,13,16). The number of hydrogen-bond donors (Lipinski definition) is 2. The second-order valence-corrected chi connectivity index (χ2v) is 4.70. The summed E-state index contributed by atoms with van der Waals surface area (Å²) in [5.41, 5.74) is 5.42. The molecule has 3 N–H and O–H groups in total. The van der Waals surface area contributed by atoms with Crippen LogP contribution >= 0.6 is 0 Å². The van der Waals surface area contributed by atoms with Gasteiger partial charge in [0.05, 0.1) is 17.7 Å². The predicted octanol–water partition coefficient (Wildman–Crippen LogP) is 0.906. The molecule has 2 aromatic rings. The van der Waals surface area contributed by atoms with Gasteiger partial charge in [-0.25, -0.2) is 0 Å². The maximum atomic E-state index is 11.3. The van der Waals surface area contributed by atoms with E-state index in [1.54, 1.807) is 24.6 Å². The number of hydrogen-bond acceptors (Lipinski definition) is 3.